The Labute approximate surface area is 206 Å². The van der Waals surface area contributed by atoms with Crippen molar-refractivity contribution in [3.8, 4) is 28.6 Å². The summed E-state index contributed by atoms with van der Waals surface area (Å²) >= 11 is 1.42. The van der Waals surface area contributed by atoms with Crippen molar-refractivity contribution in [3.05, 3.63) is 83.9 Å². The lowest BCUT2D eigenvalue weighted by molar-refractivity contribution is 0.0664. The molecule has 0 spiro atoms. The number of methoxy groups -OCH3 is 2. The van der Waals surface area contributed by atoms with Gasteiger partial charge in [0, 0.05) is 23.9 Å². The molecule has 0 unspecified atom stereocenters. The number of hydrogen-bond donors (Lipinski definition) is 0. The standard InChI is InChI=1S/C26H22N4O4S/c1-33-21-13-12-18(16-22(21)34-2)30-23(17-8-4-3-5-9-17)27-28-26(30)35-15-14-29-24(31)19-10-6-7-11-20(19)25(29)32/h3-13,16H,14-15H2,1-2H3. The van der Waals surface area contributed by atoms with Crippen LogP contribution in [-0.4, -0.2) is 58.0 Å². The molecule has 0 atom stereocenters. The Hall–Kier alpha value is -4.11. The number of benzene rings is 3. The Bertz CT molecular complexity index is 1370. The average molecular weight is 487 g/mol. The van der Waals surface area contributed by atoms with Crippen LogP contribution < -0.4 is 9.47 Å². The number of hydrogen-bond acceptors (Lipinski definition) is 7. The number of amides is 2. The van der Waals surface area contributed by atoms with Gasteiger partial charge in [-0.25, -0.2) is 0 Å². The van der Waals surface area contributed by atoms with Crippen molar-refractivity contribution in [2.24, 2.45) is 0 Å². The molecule has 1 aliphatic heterocycles. The zero-order valence-electron chi connectivity index (χ0n) is 19.2. The predicted molar refractivity (Wildman–Crippen MR) is 132 cm³/mol. The highest BCUT2D eigenvalue weighted by Gasteiger charge is 2.34. The molecule has 0 bridgehead atoms. The highest BCUT2D eigenvalue weighted by Crippen LogP contribution is 2.34. The molecule has 9 heteroatoms. The van der Waals surface area contributed by atoms with Crippen molar-refractivity contribution in [1.82, 2.24) is 19.7 Å². The third-order valence-corrected chi connectivity index (χ3v) is 6.62. The van der Waals surface area contributed by atoms with Crippen LogP contribution in [0.15, 0.2) is 78.0 Å². The maximum atomic E-state index is 12.7. The minimum Gasteiger partial charge on any atom is -0.493 e. The summed E-state index contributed by atoms with van der Waals surface area (Å²) in [5.74, 6) is 1.80. The molecular weight excluding hydrogens is 464 g/mol. The van der Waals surface area contributed by atoms with Gasteiger partial charge in [-0.1, -0.05) is 54.2 Å². The van der Waals surface area contributed by atoms with Crippen molar-refractivity contribution >= 4 is 23.6 Å². The van der Waals surface area contributed by atoms with E-state index in [-0.39, 0.29) is 18.4 Å². The zero-order valence-corrected chi connectivity index (χ0v) is 20.0. The summed E-state index contributed by atoms with van der Waals surface area (Å²) in [7, 11) is 3.18. The van der Waals surface area contributed by atoms with Crippen molar-refractivity contribution in [3.63, 3.8) is 0 Å². The van der Waals surface area contributed by atoms with Gasteiger partial charge in [-0.05, 0) is 24.3 Å². The monoisotopic (exact) mass is 486 g/mol. The minimum atomic E-state index is -0.266. The molecule has 4 aromatic rings. The molecule has 3 aromatic carbocycles. The summed E-state index contributed by atoms with van der Waals surface area (Å²) in [6, 6.07) is 22.3. The summed E-state index contributed by atoms with van der Waals surface area (Å²) < 4.78 is 12.8. The van der Waals surface area contributed by atoms with E-state index in [9.17, 15) is 9.59 Å². The van der Waals surface area contributed by atoms with E-state index in [0.29, 0.717) is 39.4 Å². The lowest BCUT2D eigenvalue weighted by atomic mass is 10.1. The second-order valence-corrected chi connectivity index (χ2v) is 8.76. The zero-order chi connectivity index (χ0) is 24.4. The largest absolute Gasteiger partial charge is 0.493 e. The molecule has 0 N–H and O–H groups in total. The van der Waals surface area contributed by atoms with Crippen molar-refractivity contribution < 1.29 is 19.1 Å². The maximum Gasteiger partial charge on any atom is 0.261 e. The van der Waals surface area contributed by atoms with Crippen LogP contribution in [-0.2, 0) is 0 Å². The summed E-state index contributed by atoms with van der Waals surface area (Å²) in [5, 5.41) is 9.50. The van der Waals surface area contributed by atoms with Gasteiger partial charge >= 0.3 is 0 Å². The first-order chi connectivity index (χ1) is 17.1. The molecular formula is C26H22N4O4S. The predicted octanol–water partition coefficient (Wildman–Crippen LogP) is 4.34. The molecule has 35 heavy (non-hydrogen) atoms. The van der Waals surface area contributed by atoms with E-state index in [1.807, 2.05) is 53.1 Å². The van der Waals surface area contributed by atoms with Crippen LogP contribution in [0.1, 0.15) is 20.7 Å². The number of imide groups is 1. The van der Waals surface area contributed by atoms with Crippen LogP contribution in [0.2, 0.25) is 0 Å². The van der Waals surface area contributed by atoms with Crippen LogP contribution in [0.25, 0.3) is 17.1 Å². The van der Waals surface area contributed by atoms with Crippen molar-refractivity contribution in [2.45, 2.75) is 5.16 Å². The minimum absolute atomic E-state index is 0.260. The number of fused-ring (bicyclic) bond motifs is 1. The van der Waals surface area contributed by atoms with E-state index in [0.717, 1.165) is 11.3 Å². The molecule has 0 saturated carbocycles. The van der Waals surface area contributed by atoms with Gasteiger partial charge in [-0.15, -0.1) is 10.2 Å². The molecule has 1 aliphatic rings. The highest BCUT2D eigenvalue weighted by atomic mass is 32.2. The Morgan fingerprint density at radius 3 is 2.11 bits per heavy atom. The molecule has 0 radical (unpaired) electrons. The average Bonchev–Trinajstić information content (AvgIpc) is 3.44. The Kier molecular flexibility index (Phi) is 6.24. The SMILES string of the molecule is COc1ccc(-n2c(SCCN3C(=O)c4ccccc4C3=O)nnc2-c2ccccc2)cc1OC. The van der Waals surface area contributed by atoms with Crippen LogP contribution in [0, 0.1) is 0 Å². The number of carbonyl (C=O) groups excluding carboxylic acids is 2. The fourth-order valence-corrected chi connectivity index (χ4v) is 4.88. The molecule has 0 aliphatic carbocycles. The number of carbonyl (C=O) groups is 2. The second-order valence-electron chi connectivity index (χ2n) is 7.70. The van der Waals surface area contributed by atoms with Crippen LogP contribution >= 0.6 is 11.8 Å². The van der Waals surface area contributed by atoms with E-state index < -0.39 is 0 Å². The first-order valence-electron chi connectivity index (χ1n) is 10.9. The molecule has 8 nitrogen and oxygen atoms in total. The fraction of sp³-hybridized carbons (Fsp3) is 0.154. The third kappa shape index (κ3) is 4.15. The number of thioether (sulfide) groups is 1. The number of ether oxygens (including phenoxy) is 2. The van der Waals surface area contributed by atoms with Crippen molar-refractivity contribution in [2.75, 3.05) is 26.5 Å². The van der Waals surface area contributed by atoms with Gasteiger partial charge in [-0.3, -0.25) is 19.1 Å². The smallest absolute Gasteiger partial charge is 0.261 e. The summed E-state index contributed by atoms with van der Waals surface area (Å²) in [6.07, 6.45) is 0. The molecule has 2 amide bonds. The molecule has 2 heterocycles. The first kappa shape index (κ1) is 22.7. The Morgan fingerprint density at radius 1 is 0.800 bits per heavy atom. The first-order valence-corrected chi connectivity index (χ1v) is 11.9. The fourth-order valence-electron chi connectivity index (χ4n) is 4.00. The van der Waals surface area contributed by atoms with E-state index in [4.69, 9.17) is 9.47 Å². The Morgan fingerprint density at radius 2 is 1.46 bits per heavy atom. The second kappa shape index (κ2) is 9.63. The molecule has 1 aromatic heterocycles. The van der Waals surface area contributed by atoms with E-state index in [1.54, 1.807) is 38.5 Å². The van der Waals surface area contributed by atoms with Gasteiger partial charge < -0.3 is 9.47 Å². The van der Waals surface area contributed by atoms with E-state index >= 15 is 0 Å². The van der Waals surface area contributed by atoms with Crippen LogP contribution in [0.5, 0.6) is 11.5 Å². The molecule has 0 saturated heterocycles. The lowest BCUT2D eigenvalue weighted by Gasteiger charge is -2.15. The number of rotatable bonds is 8. The van der Waals surface area contributed by atoms with Crippen LogP contribution in [0.3, 0.4) is 0 Å². The van der Waals surface area contributed by atoms with Gasteiger partial charge in [0.1, 0.15) is 0 Å². The molecule has 176 valence electrons. The van der Waals surface area contributed by atoms with E-state index in [1.165, 1.54) is 16.7 Å². The lowest BCUT2D eigenvalue weighted by Crippen LogP contribution is -2.31. The third-order valence-electron chi connectivity index (χ3n) is 5.71. The number of aromatic nitrogens is 3. The van der Waals surface area contributed by atoms with Gasteiger partial charge in [0.05, 0.1) is 31.0 Å². The number of nitrogens with zero attached hydrogens (tertiary/aromatic N) is 4. The topological polar surface area (TPSA) is 86.6 Å². The van der Waals surface area contributed by atoms with Crippen molar-refractivity contribution in [1.29, 1.82) is 0 Å². The summed E-state index contributed by atoms with van der Waals surface area (Å²) in [6.45, 7) is 0.260. The summed E-state index contributed by atoms with van der Waals surface area (Å²) in [4.78, 5) is 26.7. The molecule has 0 fully saturated rings. The maximum absolute atomic E-state index is 12.7. The highest BCUT2D eigenvalue weighted by molar-refractivity contribution is 7.99. The van der Waals surface area contributed by atoms with E-state index in [2.05, 4.69) is 10.2 Å². The van der Waals surface area contributed by atoms with Gasteiger partial charge in [0.25, 0.3) is 11.8 Å². The summed E-state index contributed by atoms with van der Waals surface area (Å²) in [5.41, 5.74) is 2.60. The van der Waals surface area contributed by atoms with Gasteiger partial charge in [0.2, 0.25) is 0 Å². The quantitative estimate of drug-likeness (QED) is 0.270. The Balaban J connectivity index is 1.44. The normalized spacial score (nSPS) is 12.7. The molecule has 5 rings (SSSR count). The van der Waals surface area contributed by atoms with Gasteiger partial charge in [0.15, 0.2) is 22.5 Å². The van der Waals surface area contributed by atoms with Gasteiger partial charge in [-0.2, -0.15) is 0 Å². The van der Waals surface area contributed by atoms with Crippen LogP contribution in [0.4, 0.5) is 0 Å².